The molecule has 0 saturated carbocycles. The zero-order chi connectivity index (χ0) is 18.6. The molecule has 0 aliphatic rings. The van der Waals surface area contributed by atoms with Crippen molar-refractivity contribution in [2.75, 3.05) is 26.8 Å². The van der Waals surface area contributed by atoms with Crippen molar-refractivity contribution >= 4 is 5.96 Å². The van der Waals surface area contributed by atoms with Gasteiger partial charge in [0.25, 0.3) is 0 Å². The van der Waals surface area contributed by atoms with E-state index < -0.39 is 0 Å². The zero-order valence-corrected chi connectivity index (χ0v) is 15.9. The molecule has 0 fully saturated rings. The van der Waals surface area contributed by atoms with Crippen LogP contribution >= 0.6 is 0 Å². The number of aliphatic imine (C=N–C) groups is 1. The highest BCUT2D eigenvalue weighted by Gasteiger charge is 2.05. The number of hydrogen-bond donors (Lipinski definition) is 2. The Balaban J connectivity index is 1.67. The maximum atomic E-state index is 5.72. The molecule has 0 radical (unpaired) electrons. The minimum atomic E-state index is 0.508. The Hall–Kier alpha value is -2.47. The van der Waals surface area contributed by atoms with Gasteiger partial charge in [-0.05, 0) is 44.0 Å². The smallest absolute Gasteiger partial charge is 0.191 e. The van der Waals surface area contributed by atoms with Crippen molar-refractivity contribution in [1.82, 2.24) is 10.6 Å². The molecule has 142 valence electrons. The molecule has 0 aliphatic heterocycles. The fourth-order valence-corrected chi connectivity index (χ4v) is 2.45. The Morgan fingerprint density at radius 2 is 2.12 bits per heavy atom. The highest BCUT2D eigenvalue weighted by molar-refractivity contribution is 5.79. The second-order valence-electron chi connectivity index (χ2n) is 5.88. The molecule has 0 aliphatic carbocycles. The maximum Gasteiger partial charge on any atom is 0.191 e. The highest BCUT2D eigenvalue weighted by Crippen LogP contribution is 2.20. The topological polar surface area (TPSA) is 68.0 Å². The fraction of sp³-hybridized carbons (Fsp3) is 0.450. The Morgan fingerprint density at radius 3 is 2.85 bits per heavy atom. The number of nitrogens with one attached hydrogen (secondary N) is 2. The van der Waals surface area contributed by atoms with Gasteiger partial charge in [0.2, 0.25) is 0 Å². The summed E-state index contributed by atoms with van der Waals surface area (Å²) in [4.78, 5) is 4.25. The van der Waals surface area contributed by atoms with Gasteiger partial charge >= 0.3 is 0 Å². The van der Waals surface area contributed by atoms with Crippen molar-refractivity contribution in [2.45, 2.75) is 33.4 Å². The minimum absolute atomic E-state index is 0.508. The van der Waals surface area contributed by atoms with Gasteiger partial charge in [-0.15, -0.1) is 0 Å². The molecule has 1 aromatic carbocycles. The van der Waals surface area contributed by atoms with E-state index in [2.05, 4.69) is 40.7 Å². The van der Waals surface area contributed by atoms with Crippen molar-refractivity contribution < 1.29 is 13.9 Å². The van der Waals surface area contributed by atoms with Crippen molar-refractivity contribution in [2.24, 2.45) is 4.99 Å². The lowest BCUT2D eigenvalue weighted by Crippen LogP contribution is -2.37. The molecule has 6 heteroatoms. The van der Waals surface area contributed by atoms with Crippen molar-refractivity contribution in [1.29, 1.82) is 0 Å². The van der Waals surface area contributed by atoms with Crippen LogP contribution in [0.15, 0.2) is 46.0 Å². The van der Waals surface area contributed by atoms with Crippen LogP contribution in [-0.4, -0.2) is 32.8 Å². The monoisotopic (exact) mass is 359 g/mol. The standard InChI is InChI=1S/C20H29N3O3/c1-4-25-19-13-16(2)8-9-17(19)14-23-20(21-3)22-10-6-11-24-15-18-7-5-12-26-18/h5,7-9,12-13H,4,6,10-11,14-15H2,1-3H3,(H2,21,22,23). The third-order valence-electron chi connectivity index (χ3n) is 3.77. The second-order valence-corrected chi connectivity index (χ2v) is 5.88. The van der Waals surface area contributed by atoms with E-state index in [-0.39, 0.29) is 0 Å². The summed E-state index contributed by atoms with van der Waals surface area (Å²) in [6.45, 7) is 7.32. The molecule has 2 N–H and O–H groups in total. The van der Waals surface area contributed by atoms with Crippen LogP contribution < -0.4 is 15.4 Å². The van der Waals surface area contributed by atoms with Crippen LogP contribution in [0.1, 0.15) is 30.2 Å². The number of aryl methyl sites for hydroxylation is 1. The SMILES string of the molecule is CCOc1cc(C)ccc1CNC(=NC)NCCCOCc1ccco1. The van der Waals surface area contributed by atoms with E-state index in [4.69, 9.17) is 13.9 Å². The van der Waals surface area contributed by atoms with Crippen LogP contribution in [-0.2, 0) is 17.9 Å². The van der Waals surface area contributed by atoms with Gasteiger partial charge in [0.05, 0.1) is 12.9 Å². The molecule has 0 bridgehead atoms. The summed E-state index contributed by atoms with van der Waals surface area (Å²) < 4.78 is 16.5. The third kappa shape index (κ3) is 6.80. The summed E-state index contributed by atoms with van der Waals surface area (Å²) in [7, 11) is 1.77. The maximum absolute atomic E-state index is 5.72. The summed E-state index contributed by atoms with van der Waals surface area (Å²) in [5.41, 5.74) is 2.30. The molecule has 2 rings (SSSR count). The lowest BCUT2D eigenvalue weighted by molar-refractivity contribution is 0.105. The largest absolute Gasteiger partial charge is 0.494 e. The van der Waals surface area contributed by atoms with Gasteiger partial charge in [-0.2, -0.15) is 0 Å². The van der Waals surface area contributed by atoms with Gasteiger partial charge in [0.15, 0.2) is 5.96 Å². The van der Waals surface area contributed by atoms with Gasteiger partial charge < -0.3 is 24.5 Å². The van der Waals surface area contributed by atoms with Gasteiger partial charge in [0.1, 0.15) is 18.1 Å². The van der Waals surface area contributed by atoms with E-state index in [0.29, 0.717) is 26.4 Å². The number of nitrogens with zero attached hydrogens (tertiary/aromatic N) is 1. The first kappa shape index (κ1) is 19.8. The average Bonchev–Trinajstić information content (AvgIpc) is 3.15. The Morgan fingerprint density at radius 1 is 1.23 bits per heavy atom. The summed E-state index contributed by atoms with van der Waals surface area (Å²) in [5.74, 6) is 2.53. The molecule has 6 nitrogen and oxygen atoms in total. The summed E-state index contributed by atoms with van der Waals surface area (Å²) in [5, 5.41) is 6.61. The van der Waals surface area contributed by atoms with E-state index in [1.54, 1.807) is 13.3 Å². The van der Waals surface area contributed by atoms with E-state index >= 15 is 0 Å². The van der Waals surface area contributed by atoms with Crippen LogP contribution in [0.2, 0.25) is 0 Å². The number of furan rings is 1. The number of benzene rings is 1. The predicted octanol–water partition coefficient (Wildman–Crippen LogP) is 3.26. The van der Waals surface area contributed by atoms with Crippen LogP contribution in [0.4, 0.5) is 0 Å². The summed E-state index contributed by atoms with van der Waals surface area (Å²) in [6.07, 6.45) is 2.54. The van der Waals surface area contributed by atoms with Crippen LogP contribution in [0.25, 0.3) is 0 Å². The number of guanidine groups is 1. The molecule has 26 heavy (non-hydrogen) atoms. The molecule has 1 aromatic heterocycles. The average molecular weight is 359 g/mol. The van der Waals surface area contributed by atoms with Gasteiger partial charge in [-0.3, -0.25) is 4.99 Å². The fourth-order valence-electron chi connectivity index (χ4n) is 2.45. The van der Waals surface area contributed by atoms with Gasteiger partial charge in [-0.25, -0.2) is 0 Å². The molecular weight excluding hydrogens is 330 g/mol. The molecule has 0 amide bonds. The third-order valence-corrected chi connectivity index (χ3v) is 3.77. The van der Waals surface area contributed by atoms with Gasteiger partial charge in [-0.1, -0.05) is 12.1 Å². The predicted molar refractivity (Wildman–Crippen MR) is 104 cm³/mol. The molecule has 0 atom stereocenters. The molecule has 0 saturated heterocycles. The highest BCUT2D eigenvalue weighted by atomic mass is 16.5. The molecule has 2 aromatic rings. The van der Waals surface area contributed by atoms with E-state index in [0.717, 1.165) is 36.0 Å². The Bertz CT molecular complexity index is 669. The van der Waals surface area contributed by atoms with Crippen LogP contribution in [0.3, 0.4) is 0 Å². The first-order valence-corrected chi connectivity index (χ1v) is 9.00. The zero-order valence-electron chi connectivity index (χ0n) is 15.9. The van der Waals surface area contributed by atoms with Crippen LogP contribution in [0, 0.1) is 6.92 Å². The lowest BCUT2D eigenvalue weighted by atomic mass is 10.1. The minimum Gasteiger partial charge on any atom is -0.494 e. The van der Waals surface area contributed by atoms with Gasteiger partial charge in [0, 0.05) is 32.3 Å². The Kier molecular flexibility index (Phi) is 8.55. The first-order chi connectivity index (χ1) is 12.7. The quantitative estimate of drug-likeness (QED) is 0.387. The molecular formula is C20H29N3O3. The second kappa shape index (κ2) is 11.2. The van der Waals surface area contributed by atoms with Crippen LogP contribution in [0.5, 0.6) is 5.75 Å². The first-order valence-electron chi connectivity index (χ1n) is 9.00. The Labute approximate surface area is 155 Å². The number of rotatable bonds is 10. The number of hydrogen-bond acceptors (Lipinski definition) is 4. The summed E-state index contributed by atoms with van der Waals surface area (Å²) in [6, 6.07) is 10.0. The summed E-state index contributed by atoms with van der Waals surface area (Å²) >= 11 is 0. The normalized spacial score (nSPS) is 11.4. The van der Waals surface area contributed by atoms with E-state index in [9.17, 15) is 0 Å². The lowest BCUT2D eigenvalue weighted by Gasteiger charge is -2.15. The van der Waals surface area contributed by atoms with E-state index in [1.807, 2.05) is 19.1 Å². The number of ether oxygens (including phenoxy) is 2. The van der Waals surface area contributed by atoms with E-state index in [1.165, 1.54) is 5.56 Å². The molecule has 1 heterocycles. The molecule has 0 spiro atoms. The van der Waals surface area contributed by atoms with Crippen molar-refractivity contribution in [3.05, 3.63) is 53.5 Å². The molecule has 0 unspecified atom stereocenters. The van der Waals surface area contributed by atoms with Crippen molar-refractivity contribution in [3.63, 3.8) is 0 Å². The van der Waals surface area contributed by atoms with Crippen molar-refractivity contribution in [3.8, 4) is 5.75 Å².